The molecule has 0 unspecified atom stereocenters. The molecular formula is C12H8ClN3S. The lowest BCUT2D eigenvalue weighted by molar-refractivity contribution is 1.23. The first-order chi connectivity index (χ1) is 8.36. The molecule has 5 heteroatoms. The van der Waals surface area contributed by atoms with E-state index in [1.54, 1.807) is 23.7 Å². The summed E-state index contributed by atoms with van der Waals surface area (Å²) < 4.78 is 0. The van der Waals surface area contributed by atoms with Gasteiger partial charge in [0.05, 0.1) is 22.6 Å². The van der Waals surface area contributed by atoms with Crippen LogP contribution in [-0.4, -0.2) is 15.0 Å². The highest BCUT2D eigenvalue weighted by molar-refractivity contribution is 7.13. The molecule has 0 bridgehead atoms. The first-order valence-electron chi connectivity index (χ1n) is 5.08. The SMILES string of the molecule is ClCc1csc(-c2ccc3nccnc3c2)n1. The van der Waals surface area contributed by atoms with Gasteiger partial charge in [0.2, 0.25) is 0 Å². The van der Waals surface area contributed by atoms with Crippen molar-refractivity contribution >= 4 is 34.0 Å². The third kappa shape index (κ3) is 2.01. The minimum Gasteiger partial charge on any atom is -0.253 e. The van der Waals surface area contributed by atoms with Crippen LogP contribution in [-0.2, 0) is 5.88 Å². The summed E-state index contributed by atoms with van der Waals surface area (Å²) in [6.45, 7) is 0. The van der Waals surface area contributed by atoms with Crippen molar-refractivity contribution in [3.05, 3.63) is 41.7 Å². The van der Waals surface area contributed by atoms with E-state index < -0.39 is 0 Å². The molecule has 1 aromatic carbocycles. The van der Waals surface area contributed by atoms with Crippen LogP contribution in [0, 0.1) is 0 Å². The molecule has 17 heavy (non-hydrogen) atoms. The number of aromatic nitrogens is 3. The third-order valence-electron chi connectivity index (χ3n) is 2.40. The molecular weight excluding hydrogens is 254 g/mol. The van der Waals surface area contributed by atoms with Gasteiger partial charge < -0.3 is 0 Å². The fourth-order valence-electron chi connectivity index (χ4n) is 1.60. The summed E-state index contributed by atoms with van der Waals surface area (Å²) in [5, 5.41) is 2.94. The Morgan fingerprint density at radius 1 is 1.12 bits per heavy atom. The first-order valence-corrected chi connectivity index (χ1v) is 6.50. The van der Waals surface area contributed by atoms with Gasteiger partial charge in [-0.1, -0.05) is 0 Å². The second-order valence-corrected chi connectivity index (χ2v) is 4.66. The molecule has 0 spiro atoms. The average molecular weight is 262 g/mol. The molecule has 0 N–H and O–H groups in total. The molecule has 3 aromatic rings. The Kier molecular flexibility index (Phi) is 2.74. The van der Waals surface area contributed by atoms with Crippen molar-refractivity contribution in [1.82, 2.24) is 15.0 Å². The summed E-state index contributed by atoms with van der Waals surface area (Å²) >= 11 is 7.34. The molecule has 2 heterocycles. The summed E-state index contributed by atoms with van der Waals surface area (Å²) in [6.07, 6.45) is 3.38. The molecule has 0 saturated heterocycles. The Balaban J connectivity index is 2.11. The van der Waals surface area contributed by atoms with Crippen molar-refractivity contribution in [3.63, 3.8) is 0 Å². The fourth-order valence-corrected chi connectivity index (χ4v) is 2.64. The Morgan fingerprint density at radius 3 is 2.71 bits per heavy atom. The lowest BCUT2D eigenvalue weighted by atomic mass is 10.2. The van der Waals surface area contributed by atoms with E-state index in [-0.39, 0.29) is 0 Å². The molecule has 3 rings (SSSR count). The molecule has 0 radical (unpaired) electrons. The van der Waals surface area contributed by atoms with E-state index >= 15 is 0 Å². The highest BCUT2D eigenvalue weighted by atomic mass is 35.5. The predicted octanol–water partition coefficient (Wildman–Crippen LogP) is 3.49. The van der Waals surface area contributed by atoms with Crippen LogP contribution in [0.4, 0.5) is 0 Å². The van der Waals surface area contributed by atoms with Gasteiger partial charge in [-0.25, -0.2) is 4.98 Å². The van der Waals surface area contributed by atoms with Crippen molar-refractivity contribution < 1.29 is 0 Å². The minimum absolute atomic E-state index is 0.448. The van der Waals surface area contributed by atoms with Crippen molar-refractivity contribution in [2.75, 3.05) is 0 Å². The summed E-state index contributed by atoms with van der Waals surface area (Å²) in [7, 11) is 0. The van der Waals surface area contributed by atoms with E-state index in [0.717, 1.165) is 27.3 Å². The molecule has 0 aliphatic rings. The molecule has 0 saturated carbocycles. The summed E-state index contributed by atoms with van der Waals surface area (Å²) in [5.74, 6) is 0.448. The summed E-state index contributed by atoms with van der Waals surface area (Å²) in [4.78, 5) is 13.0. The molecule has 0 aliphatic carbocycles. The number of benzene rings is 1. The van der Waals surface area contributed by atoms with E-state index in [4.69, 9.17) is 11.6 Å². The quantitative estimate of drug-likeness (QED) is 0.663. The standard InChI is InChI=1S/C12H8ClN3S/c13-6-9-7-17-12(16-9)8-1-2-10-11(5-8)15-4-3-14-10/h1-5,7H,6H2. The monoisotopic (exact) mass is 261 g/mol. The van der Waals surface area contributed by atoms with Crippen LogP contribution in [0.5, 0.6) is 0 Å². The Morgan fingerprint density at radius 2 is 1.94 bits per heavy atom. The zero-order chi connectivity index (χ0) is 11.7. The second kappa shape index (κ2) is 4.39. The van der Waals surface area contributed by atoms with Crippen molar-refractivity contribution in [3.8, 4) is 10.6 Å². The van der Waals surface area contributed by atoms with Gasteiger partial charge in [0, 0.05) is 23.3 Å². The number of nitrogens with zero attached hydrogens (tertiary/aromatic N) is 3. The number of alkyl halides is 1. The summed E-state index contributed by atoms with van der Waals surface area (Å²) in [6, 6.07) is 5.96. The van der Waals surface area contributed by atoms with Crippen LogP contribution in [0.1, 0.15) is 5.69 Å². The van der Waals surface area contributed by atoms with Crippen LogP contribution < -0.4 is 0 Å². The van der Waals surface area contributed by atoms with Crippen LogP contribution in [0.2, 0.25) is 0 Å². The van der Waals surface area contributed by atoms with Crippen LogP contribution in [0.25, 0.3) is 21.6 Å². The predicted molar refractivity (Wildman–Crippen MR) is 70.2 cm³/mol. The van der Waals surface area contributed by atoms with E-state index in [0.29, 0.717) is 5.88 Å². The van der Waals surface area contributed by atoms with E-state index in [2.05, 4.69) is 15.0 Å². The fraction of sp³-hybridized carbons (Fsp3) is 0.0833. The largest absolute Gasteiger partial charge is 0.253 e. The third-order valence-corrected chi connectivity index (χ3v) is 3.62. The lowest BCUT2D eigenvalue weighted by Crippen LogP contribution is -1.84. The maximum absolute atomic E-state index is 5.74. The number of thiazole rings is 1. The Labute approximate surface area is 107 Å². The second-order valence-electron chi connectivity index (χ2n) is 3.54. The topological polar surface area (TPSA) is 38.7 Å². The zero-order valence-corrected chi connectivity index (χ0v) is 10.4. The Bertz CT molecular complexity index is 665. The van der Waals surface area contributed by atoms with Gasteiger partial charge >= 0.3 is 0 Å². The number of hydrogen-bond acceptors (Lipinski definition) is 4. The van der Waals surface area contributed by atoms with Crippen molar-refractivity contribution in [2.45, 2.75) is 5.88 Å². The van der Waals surface area contributed by atoms with E-state index in [1.807, 2.05) is 23.6 Å². The molecule has 0 amide bonds. The molecule has 84 valence electrons. The van der Waals surface area contributed by atoms with Gasteiger partial charge in [0.25, 0.3) is 0 Å². The molecule has 0 aliphatic heterocycles. The maximum atomic E-state index is 5.74. The van der Waals surface area contributed by atoms with Gasteiger partial charge in [-0.3, -0.25) is 9.97 Å². The highest BCUT2D eigenvalue weighted by Crippen LogP contribution is 2.26. The van der Waals surface area contributed by atoms with Gasteiger partial charge in [-0.15, -0.1) is 22.9 Å². The van der Waals surface area contributed by atoms with Crippen molar-refractivity contribution in [2.24, 2.45) is 0 Å². The molecule has 3 nitrogen and oxygen atoms in total. The van der Waals surface area contributed by atoms with Crippen LogP contribution in [0.3, 0.4) is 0 Å². The Hall–Kier alpha value is -1.52. The van der Waals surface area contributed by atoms with E-state index in [1.165, 1.54) is 0 Å². The molecule has 0 fully saturated rings. The van der Waals surface area contributed by atoms with E-state index in [9.17, 15) is 0 Å². The number of halogens is 1. The minimum atomic E-state index is 0.448. The molecule has 2 aromatic heterocycles. The maximum Gasteiger partial charge on any atom is 0.123 e. The number of fused-ring (bicyclic) bond motifs is 1. The summed E-state index contributed by atoms with van der Waals surface area (Å²) in [5.41, 5.74) is 3.74. The van der Waals surface area contributed by atoms with Gasteiger partial charge in [-0.2, -0.15) is 0 Å². The van der Waals surface area contributed by atoms with Gasteiger partial charge in [0.1, 0.15) is 5.01 Å². The number of rotatable bonds is 2. The molecule has 0 atom stereocenters. The zero-order valence-electron chi connectivity index (χ0n) is 8.80. The lowest BCUT2D eigenvalue weighted by Gasteiger charge is -1.98. The first kappa shape index (κ1) is 10.6. The number of hydrogen-bond donors (Lipinski definition) is 0. The van der Waals surface area contributed by atoms with Crippen LogP contribution >= 0.6 is 22.9 Å². The smallest absolute Gasteiger partial charge is 0.123 e. The van der Waals surface area contributed by atoms with Crippen LogP contribution in [0.15, 0.2) is 36.0 Å². The normalized spacial score (nSPS) is 10.9. The highest BCUT2D eigenvalue weighted by Gasteiger charge is 2.05. The van der Waals surface area contributed by atoms with Gasteiger partial charge in [0.15, 0.2) is 0 Å². The van der Waals surface area contributed by atoms with Crippen molar-refractivity contribution in [1.29, 1.82) is 0 Å². The average Bonchev–Trinajstić information content (AvgIpc) is 2.87. The van der Waals surface area contributed by atoms with Gasteiger partial charge in [-0.05, 0) is 18.2 Å².